The van der Waals surface area contributed by atoms with Gasteiger partial charge in [-0.15, -0.1) is 0 Å². The Hall–Kier alpha value is -2.43. The maximum Gasteiger partial charge on any atom is 0.513 e. The summed E-state index contributed by atoms with van der Waals surface area (Å²) < 4.78 is 9.29. The smallest absolute Gasteiger partial charge is 0.437 e. The van der Waals surface area contributed by atoms with E-state index in [0.29, 0.717) is 17.0 Å². The molecule has 0 saturated carbocycles. The fourth-order valence-electron chi connectivity index (χ4n) is 1.50. The third-order valence-corrected chi connectivity index (χ3v) is 2.39. The van der Waals surface area contributed by atoms with Crippen molar-refractivity contribution in [2.24, 2.45) is 0 Å². The number of benzene rings is 1. The molecule has 5 nitrogen and oxygen atoms in total. The topological polar surface area (TPSA) is 65.5 Å². The molecule has 0 radical (unpaired) electrons. The SMILES string of the molecule is COC(=O)Oc1ccc2nc(C(C)=O)ccc2c1. The normalized spacial score (nSPS) is 10.1. The highest BCUT2D eigenvalue weighted by molar-refractivity contribution is 5.94. The van der Waals surface area contributed by atoms with E-state index in [-0.39, 0.29) is 5.78 Å². The van der Waals surface area contributed by atoms with Gasteiger partial charge >= 0.3 is 6.16 Å². The predicted octanol–water partition coefficient (Wildman–Crippen LogP) is 2.58. The van der Waals surface area contributed by atoms with Gasteiger partial charge in [0.1, 0.15) is 11.4 Å². The average Bonchev–Trinajstić information content (AvgIpc) is 2.37. The molecule has 0 spiro atoms. The number of ketones is 1. The molecule has 0 fully saturated rings. The van der Waals surface area contributed by atoms with Gasteiger partial charge in [0.2, 0.25) is 0 Å². The molecule has 18 heavy (non-hydrogen) atoms. The summed E-state index contributed by atoms with van der Waals surface area (Å²) in [6, 6.07) is 8.31. The van der Waals surface area contributed by atoms with E-state index >= 15 is 0 Å². The van der Waals surface area contributed by atoms with Crippen molar-refractivity contribution in [3.8, 4) is 5.75 Å². The first-order chi connectivity index (χ1) is 8.60. The van der Waals surface area contributed by atoms with E-state index in [9.17, 15) is 9.59 Å². The fraction of sp³-hybridized carbons (Fsp3) is 0.154. The van der Waals surface area contributed by atoms with E-state index in [1.165, 1.54) is 14.0 Å². The van der Waals surface area contributed by atoms with Crippen LogP contribution in [0.25, 0.3) is 10.9 Å². The van der Waals surface area contributed by atoms with Crippen LogP contribution >= 0.6 is 0 Å². The van der Waals surface area contributed by atoms with Crippen LogP contribution in [-0.4, -0.2) is 24.0 Å². The number of Topliss-reactive ketones (excluding diaryl/α,β-unsaturated/α-hetero) is 1. The Morgan fingerprint density at radius 2 is 1.94 bits per heavy atom. The third kappa shape index (κ3) is 2.45. The van der Waals surface area contributed by atoms with Crippen molar-refractivity contribution in [1.82, 2.24) is 4.98 Å². The maximum absolute atomic E-state index is 11.2. The van der Waals surface area contributed by atoms with Gasteiger partial charge in [-0.3, -0.25) is 4.79 Å². The Bertz CT molecular complexity index is 621. The van der Waals surface area contributed by atoms with Crippen LogP contribution in [0.4, 0.5) is 4.79 Å². The second kappa shape index (κ2) is 4.83. The number of rotatable bonds is 2. The van der Waals surface area contributed by atoms with Gasteiger partial charge in [0.15, 0.2) is 5.78 Å². The molecule has 0 saturated heterocycles. The molecule has 2 rings (SSSR count). The minimum atomic E-state index is -0.775. The van der Waals surface area contributed by atoms with Gasteiger partial charge in [0.05, 0.1) is 12.6 Å². The lowest BCUT2D eigenvalue weighted by atomic mass is 10.1. The molecule has 0 aliphatic carbocycles. The summed E-state index contributed by atoms with van der Waals surface area (Å²) in [4.78, 5) is 26.3. The summed E-state index contributed by atoms with van der Waals surface area (Å²) in [6.45, 7) is 1.46. The molecule has 2 aromatic rings. The Kier molecular flexibility index (Phi) is 3.23. The summed E-state index contributed by atoms with van der Waals surface area (Å²) in [5, 5.41) is 0.779. The molecule has 1 aromatic heterocycles. The largest absolute Gasteiger partial charge is 0.513 e. The summed E-state index contributed by atoms with van der Waals surface area (Å²) in [5.74, 6) is 0.276. The highest BCUT2D eigenvalue weighted by Gasteiger charge is 2.06. The zero-order valence-corrected chi connectivity index (χ0v) is 9.97. The van der Waals surface area contributed by atoms with Gasteiger partial charge < -0.3 is 9.47 Å². The van der Waals surface area contributed by atoms with Gasteiger partial charge in [-0.2, -0.15) is 0 Å². The fourth-order valence-corrected chi connectivity index (χ4v) is 1.50. The lowest BCUT2D eigenvalue weighted by Crippen LogP contribution is -2.07. The molecule has 92 valence electrons. The lowest BCUT2D eigenvalue weighted by molar-refractivity contribution is 0.101. The standard InChI is InChI=1S/C13H11NO4/c1-8(15)11-5-3-9-7-10(18-13(16)17-2)4-6-12(9)14-11/h3-7H,1-2H3. The molecule has 0 amide bonds. The molecule has 0 bridgehead atoms. The van der Waals surface area contributed by atoms with Crippen LogP contribution in [0.15, 0.2) is 30.3 Å². The summed E-state index contributed by atoms with van der Waals surface area (Å²) in [6.07, 6.45) is -0.775. The summed E-state index contributed by atoms with van der Waals surface area (Å²) in [5.41, 5.74) is 1.07. The minimum Gasteiger partial charge on any atom is -0.437 e. The number of carbonyl (C=O) groups excluding carboxylic acids is 2. The van der Waals surface area contributed by atoms with E-state index in [1.54, 1.807) is 30.3 Å². The zero-order valence-electron chi connectivity index (χ0n) is 9.97. The van der Waals surface area contributed by atoms with Crippen molar-refractivity contribution in [2.45, 2.75) is 6.92 Å². The Balaban J connectivity index is 2.38. The van der Waals surface area contributed by atoms with Crippen molar-refractivity contribution in [2.75, 3.05) is 7.11 Å². The molecular weight excluding hydrogens is 234 g/mol. The van der Waals surface area contributed by atoms with Crippen LogP contribution in [-0.2, 0) is 4.74 Å². The summed E-state index contributed by atoms with van der Waals surface area (Å²) >= 11 is 0. The van der Waals surface area contributed by atoms with Crippen molar-refractivity contribution >= 4 is 22.8 Å². The zero-order chi connectivity index (χ0) is 13.1. The number of hydrogen-bond donors (Lipinski definition) is 0. The highest BCUT2D eigenvalue weighted by atomic mass is 16.7. The van der Waals surface area contributed by atoms with Crippen molar-refractivity contribution in [1.29, 1.82) is 0 Å². The molecule has 0 atom stereocenters. The molecule has 0 aliphatic heterocycles. The maximum atomic E-state index is 11.2. The van der Waals surface area contributed by atoms with Gasteiger partial charge in [-0.05, 0) is 24.3 Å². The second-order valence-corrected chi connectivity index (χ2v) is 3.66. The van der Waals surface area contributed by atoms with E-state index in [0.717, 1.165) is 5.39 Å². The van der Waals surface area contributed by atoms with Crippen molar-refractivity contribution < 1.29 is 19.1 Å². The number of pyridine rings is 1. The van der Waals surface area contributed by atoms with E-state index in [4.69, 9.17) is 4.74 Å². The van der Waals surface area contributed by atoms with Gasteiger partial charge in [0, 0.05) is 12.3 Å². The van der Waals surface area contributed by atoms with Crippen LogP contribution in [0.2, 0.25) is 0 Å². The summed E-state index contributed by atoms with van der Waals surface area (Å²) in [7, 11) is 1.24. The van der Waals surface area contributed by atoms with Crippen LogP contribution in [0.3, 0.4) is 0 Å². The highest BCUT2D eigenvalue weighted by Crippen LogP contribution is 2.20. The van der Waals surface area contributed by atoms with Gasteiger partial charge in [-0.25, -0.2) is 9.78 Å². The number of aromatic nitrogens is 1. The number of methoxy groups -OCH3 is 1. The average molecular weight is 245 g/mol. The van der Waals surface area contributed by atoms with Crippen LogP contribution in [0, 0.1) is 0 Å². The number of hydrogen-bond acceptors (Lipinski definition) is 5. The van der Waals surface area contributed by atoms with Crippen LogP contribution in [0.1, 0.15) is 17.4 Å². The third-order valence-electron chi connectivity index (χ3n) is 2.39. The molecule has 1 heterocycles. The number of nitrogens with zero attached hydrogens (tertiary/aromatic N) is 1. The molecule has 0 N–H and O–H groups in total. The number of carbonyl (C=O) groups is 2. The van der Waals surface area contributed by atoms with Crippen LogP contribution in [0.5, 0.6) is 5.75 Å². The molecule has 0 unspecified atom stereocenters. The van der Waals surface area contributed by atoms with Crippen molar-refractivity contribution in [3.05, 3.63) is 36.0 Å². The lowest BCUT2D eigenvalue weighted by Gasteiger charge is -2.04. The first-order valence-corrected chi connectivity index (χ1v) is 5.27. The predicted molar refractivity (Wildman–Crippen MR) is 64.8 cm³/mol. The Labute approximate surface area is 103 Å². The van der Waals surface area contributed by atoms with E-state index in [2.05, 4.69) is 9.72 Å². The van der Waals surface area contributed by atoms with Crippen molar-refractivity contribution in [3.63, 3.8) is 0 Å². The number of ether oxygens (including phenoxy) is 2. The monoisotopic (exact) mass is 245 g/mol. The first-order valence-electron chi connectivity index (χ1n) is 5.27. The van der Waals surface area contributed by atoms with Gasteiger partial charge in [-0.1, -0.05) is 6.07 Å². The Morgan fingerprint density at radius 1 is 1.17 bits per heavy atom. The Morgan fingerprint density at radius 3 is 2.61 bits per heavy atom. The van der Waals surface area contributed by atoms with Crippen LogP contribution < -0.4 is 4.74 Å². The van der Waals surface area contributed by atoms with E-state index in [1.807, 2.05) is 0 Å². The minimum absolute atomic E-state index is 0.0909. The second-order valence-electron chi connectivity index (χ2n) is 3.66. The number of fused-ring (bicyclic) bond motifs is 1. The molecular formula is C13H11NO4. The molecule has 5 heteroatoms. The van der Waals surface area contributed by atoms with E-state index < -0.39 is 6.16 Å². The first kappa shape index (κ1) is 12.0. The molecule has 0 aliphatic rings. The van der Waals surface area contributed by atoms with Gasteiger partial charge in [0.25, 0.3) is 0 Å². The quantitative estimate of drug-likeness (QED) is 0.462. The molecule has 1 aromatic carbocycles.